The Morgan fingerprint density at radius 2 is 2.33 bits per heavy atom. The van der Waals surface area contributed by atoms with Crippen LogP contribution in [0.15, 0.2) is 22.8 Å². The van der Waals surface area contributed by atoms with E-state index in [2.05, 4.69) is 26.0 Å². The van der Waals surface area contributed by atoms with Gasteiger partial charge in [-0.1, -0.05) is 17.8 Å². The maximum atomic E-state index is 12.1. The molecule has 21 heavy (non-hydrogen) atoms. The van der Waals surface area contributed by atoms with Gasteiger partial charge in [0.2, 0.25) is 5.91 Å². The van der Waals surface area contributed by atoms with Crippen LogP contribution in [0.5, 0.6) is 0 Å². The van der Waals surface area contributed by atoms with E-state index in [0.717, 1.165) is 4.60 Å². The molecule has 110 valence electrons. The molecule has 0 bridgehead atoms. The van der Waals surface area contributed by atoms with Crippen LogP contribution >= 0.6 is 27.7 Å². The average molecular weight is 369 g/mol. The first-order valence-corrected chi connectivity index (χ1v) is 8.27. The molecule has 1 unspecified atom stereocenters. The van der Waals surface area contributed by atoms with Crippen LogP contribution in [0, 0.1) is 5.92 Å². The normalized spacial score (nSPS) is 18.7. The lowest BCUT2D eigenvalue weighted by atomic mass is 10.1. The summed E-state index contributed by atoms with van der Waals surface area (Å²) in [5.41, 5.74) is 0.689. The van der Waals surface area contributed by atoms with Crippen molar-refractivity contribution >= 4 is 50.3 Å². The van der Waals surface area contributed by atoms with Crippen LogP contribution in [0.2, 0.25) is 0 Å². The Bertz CT molecular complexity index is 717. The summed E-state index contributed by atoms with van der Waals surface area (Å²) in [6.07, 6.45) is 0.441. The molecule has 3 rings (SSSR count). The van der Waals surface area contributed by atoms with Gasteiger partial charge < -0.3 is 0 Å². The molecule has 6 nitrogen and oxygen atoms in total. The van der Waals surface area contributed by atoms with Crippen molar-refractivity contribution in [2.24, 2.45) is 5.92 Å². The smallest absolute Gasteiger partial charge is 0.252 e. The molecule has 1 aliphatic rings. The summed E-state index contributed by atoms with van der Waals surface area (Å²) in [4.78, 5) is 29.1. The third-order valence-corrected chi connectivity index (χ3v) is 4.92. The number of halogens is 1. The predicted molar refractivity (Wildman–Crippen MR) is 84.3 cm³/mol. The van der Waals surface area contributed by atoms with Crippen molar-refractivity contribution in [2.75, 3.05) is 17.2 Å². The van der Waals surface area contributed by atoms with E-state index in [1.807, 2.05) is 18.2 Å². The van der Waals surface area contributed by atoms with Gasteiger partial charge in [0.15, 0.2) is 10.8 Å². The standard InChI is InChI=1S/C13H13BrN4O2S/c1-8(19)21-7-9-5-12(20)17(6-9)13-15-11-4-2-3-10(14)18(11)16-13/h2-4,9H,5-7H2,1H3. The summed E-state index contributed by atoms with van der Waals surface area (Å²) in [5.74, 6) is 1.26. The van der Waals surface area contributed by atoms with E-state index >= 15 is 0 Å². The molecule has 8 heteroatoms. The Morgan fingerprint density at radius 3 is 3.05 bits per heavy atom. The highest BCUT2D eigenvalue weighted by Crippen LogP contribution is 2.26. The monoisotopic (exact) mass is 368 g/mol. The Kier molecular flexibility index (Phi) is 3.99. The molecule has 0 spiro atoms. The lowest BCUT2D eigenvalue weighted by molar-refractivity contribution is -0.117. The van der Waals surface area contributed by atoms with Crippen LogP contribution in [-0.4, -0.2) is 37.9 Å². The summed E-state index contributed by atoms with van der Waals surface area (Å²) < 4.78 is 2.44. The number of hydrogen-bond acceptors (Lipinski definition) is 5. The molecule has 1 aliphatic heterocycles. The fourth-order valence-corrected chi connectivity index (χ4v) is 3.41. The maximum absolute atomic E-state index is 12.1. The van der Waals surface area contributed by atoms with Crippen LogP contribution < -0.4 is 4.90 Å². The Labute approximate surface area is 134 Å². The Morgan fingerprint density at radius 1 is 1.52 bits per heavy atom. The molecule has 1 saturated heterocycles. The largest absolute Gasteiger partial charge is 0.288 e. The zero-order valence-corrected chi connectivity index (χ0v) is 13.7. The van der Waals surface area contributed by atoms with Gasteiger partial charge in [0.25, 0.3) is 5.95 Å². The fourth-order valence-electron chi connectivity index (χ4n) is 2.30. The SMILES string of the molecule is CC(=O)SCC1CC(=O)N(c2nc3cccc(Br)n3n2)C1. The van der Waals surface area contributed by atoms with Crippen molar-refractivity contribution in [1.82, 2.24) is 14.6 Å². The van der Waals surface area contributed by atoms with Gasteiger partial charge in [-0.15, -0.1) is 5.10 Å². The molecular formula is C13H13BrN4O2S. The maximum Gasteiger partial charge on any atom is 0.252 e. The van der Waals surface area contributed by atoms with E-state index in [-0.39, 0.29) is 16.9 Å². The van der Waals surface area contributed by atoms with Crippen molar-refractivity contribution in [2.45, 2.75) is 13.3 Å². The number of carbonyl (C=O) groups excluding carboxylic acids is 2. The van der Waals surface area contributed by atoms with Crippen molar-refractivity contribution in [1.29, 1.82) is 0 Å². The Hall–Kier alpha value is -1.41. The number of rotatable bonds is 3. The third kappa shape index (κ3) is 2.96. The van der Waals surface area contributed by atoms with Crippen molar-refractivity contribution < 1.29 is 9.59 Å². The van der Waals surface area contributed by atoms with Gasteiger partial charge in [-0.05, 0) is 34.0 Å². The first-order chi connectivity index (χ1) is 10.0. The second-order valence-electron chi connectivity index (χ2n) is 4.91. The van der Waals surface area contributed by atoms with Gasteiger partial charge in [-0.25, -0.2) is 4.52 Å². The van der Waals surface area contributed by atoms with Gasteiger partial charge in [0, 0.05) is 25.6 Å². The average Bonchev–Trinajstić information content (AvgIpc) is 3.00. The number of aromatic nitrogens is 3. The van der Waals surface area contributed by atoms with Gasteiger partial charge in [-0.2, -0.15) is 4.98 Å². The van der Waals surface area contributed by atoms with E-state index in [1.54, 1.807) is 16.3 Å². The molecule has 2 aromatic rings. The number of hydrogen-bond donors (Lipinski definition) is 0. The number of amides is 1. The molecule has 0 radical (unpaired) electrons. The van der Waals surface area contributed by atoms with Crippen molar-refractivity contribution in [3.63, 3.8) is 0 Å². The zero-order chi connectivity index (χ0) is 15.0. The zero-order valence-electron chi connectivity index (χ0n) is 11.3. The minimum Gasteiger partial charge on any atom is -0.288 e. The van der Waals surface area contributed by atoms with Crippen LogP contribution in [0.25, 0.3) is 5.65 Å². The summed E-state index contributed by atoms with van der Waals surface area (Å²) in [5, 5.41) is 4.44. The number of nitrogens with zero attached hydrogens (tertiary/aromatic N) is 4. The first-order valence-electron chi connectivity index (χ1n) is 6.49. The minimum atomic E-state index is 0.0104. The van der Waals surface area contributed by atoms with Crippen molar-refractivity contribution in [3.8, 4) is 0 Å². The number of anilines is 1. The minimum absolute atomic E-state index is 0.0104. The van der Waals surface area contributed by atoms with Crippen LogP contribution in [0.3, 0.4) is 0 Å². The summed E-state index contributed by atoms with van der Waals surface area (Å²) in [7, 11) is 0. The molecule has 1 fully saturated rings. The van der Waals surface area contributed by atoms with Gasteiger partial charge in [0.1, 0.15) is 4.60 Å². The topological polar surface area (TPSA) is 67.6 Å². The predicted octanol–water partition coefficient (Wildman–Crippen LogP) is 2.12. The van der Waals surface area contributed by atoms with E-state index in [4.69, 9.17) is 0 Å². The molecule has 0 aromatic carbocycles. The van der Waals surface area contributed by atoms with Gasteiger partial charge in [-0.3, -0.25) is 14.5 Å². The second kappa shape index (κ2) is 5.76. The molecule has 1 atom stereocenters. The number of fused-ring (bicyclic) bond motifs is 1. The highest BCUT2D eigenvalue weighted by Gasteiger charge is 2.33. The van der Waals surface area contributed by atoms with Gasteiger partial charge in [0.05, 0.1) is 0 Å². The van der Waals surface area contributed by atoms with Crippen LogP contribution in [-0.2, 0) is 9.59 Å². The quantitative estimate of drug-likeness (QED) is 0.776. The molecule has 0 aliphatic carbocycles. The van der Waals surface area contributed by atoms with E-state index < -0.39 is 0 Å². The molecule has 2 aromatic heterocycles. The molecule has 0 N–H and O–H groups in total. The molecule has 1 amide bonds. The summed E-state index contributed by atoms with van der Waals surface area (Å²) in [6, 6.07) is 5.57. The number of pyridine rings is 1. The number of carbonyl (C=O) groups is 2. The molecular weight excluding hydrogens is 356 g/mol. The summed E-state index contributed by atoms with van der Waals surface area (Å²) in [6.45, 7) is 2.11. The second-order valence-corrected chi connectivity index (χ2v) is 6.92. The molecule has 3 heterocycles. The lowest BCUT2D eigenvalue weighted by Crippen LogP contribution is -2.26. The third-order valence-electron chi connectivity index (χ3n) is 3.27. The van der Waals surface area contributed by atoms with E-state index in [9.17, 15) is 9.59 Å². The fraction of sp³-hybridized carbons (Fsp3) is 0.385. The summed E-state index contributed by atoms with van der Waals surface area (Å²) >= 11 is 4.67. The van der Waals surface area contributed by atoms with Crippen LogP contribution in [0.4, 0.5) is 5.95 Å². The lowest BCUT2D eigenvalue weighted by Gasteiger charge is -2.11. The molecule has 0 saturated carbocycles. The first kappa shape index (κ1) is 14.5. The highest BCUT2D eigenvalue weighted by molar-refractivity contribution is 9.10. The van der Waals surface area contributed by atoms with E-state index in [0.29, 0.717) is 30.3 Å². The highest BCUT2D eigenvalue weighted by atomic mass is 79.9. The van der Waals surface area contributed by atoms with Gasteiger partial charge >= 0.3 is 0 Å². The Balaban J connectivity index is 1.81. The van der Waals surface area contributed by atoms with E-state index in [1.165, 1.54) is 11.8 Å². The van der Waals surface area contributed by atoms with Crippen molar-refractivity contribution in [3.05, 3.63) is 22.8 Å². The van der Waals surface area contributed by atoms with Crippen LogP contribution in [0.1, 0.15) is 13.3 Å². The number of thioether (sulfide) groups is 1.